The Kier molecular flexibility index (Phi) is 3.41. The van der Waals surface area contributed by atoms with Gasteiger partial charge in [-0.05, 0) is 6.42 Å². The number of nitrogens with zero attached hydrogens (tertiary/aromatic N) is 2. The van der Waals surface area contributed by atoms with Crippen LogP contribution in [0.3, 0.4) is 0 Å². The monoisotopic (exact) mass is 272 g/mol. The van der Waals surface area contributed by atoms with Crippen molar-refractivity contribution in [3.8, 4) is 6.07 Å². The summed E-state index contributed by atoms with van der Waals surface area (Å²) >= 11 is 0. The van der Waals surface area contributed by atoms with Crippen molar-refractivity contribution in [2.24, 2.45) is 10.9 Å². The van der Waals surface area contributed by atoms with Gasteiger partial charge in [0.15, 0.2) is 5.54 Å². The topological polar surface area (TPSA) is 36.1 Å². The van der Waals surface area contributed by atoms with Crippen LogP contribution in [-0.2, 0) is 0 Å². The average Bonchev–Trinajstić information content (AvgIpc) is 3.28. The lowest BCUT2D eigenvalue weighted by atomic mass is 10.0. The molecule has 0 spiro atoms. The molecule has 2 nitrogen and oxygen atoms in total. The van der Waals surface area contributed by atoms with Gasteiger partial charge < -0.3 is 0 Å². The number of hydrogen-bond donors (Lipinski definition) is 0. The maximum absolute atomic E-state index is 9.50. The molecule has 0 bridgehead atoms. The first-order valence-electron chi connectivity index (χ1n) is 7.03. The van der Waals surface area contributed by atoms with Gasteiger partial charge in [-0.1, -0.05) is 66.7 Å². The van der Waals surface area contributed by atoms with Gasteiger partial charge in [-0.15, -0.1) is 6.58 Å². The van der Waals surface area contributed by atoms with E-state index in [1.54, 1.807) is 0 Å². The first-order chi connectivity index (χ1) is 10.3. The van der Waals surface area contributed by atoms with Gasteiger partial charge in [0.25, 0.3) is 0 Å². The Morgan fingerprint density at radius 3 is 2.00 bits per heavy atom. The van der Waals surface area contributed by atoms with Gasteiger partial charge >= 0.3 is 0 Å². The molecule has 0 unspecified atom stereocenters. The van der Waals surface area contributed by atoms with Crippen LogP contribution in [0.25, 0.3) is 0 Å². The molecule has 1 fully saturated rings. The van der Waals surface area contributed by atoms with Crippen LogP contribution in [0.2, 0.25) is 0 Å². The molecule has 0 N–H and O–H groups in total. The van der Waals surface area contributed by atoms with E-state index in [4.69, 9.17) is 4.99 Å². The lowest BCUT2D eigenvalue weighted by Crippen LogP contribution is -2.12. The van der Waals surface area contributed by atoms with Crippen molar-refractivity contribution in [3.63, 3.8) is 0 Å². The second-order valence-corrected chi connectivity index (χ2v) is 5.27. The maximum Gasteiger partial charge on any atom is 0.154 e. The summed E-state index contributed by atoms with van der Waals surface area (Å²) in [5.41, 5.74) is 2.31. The van der Waals surface area contributed by atoms with Gasteiger partial charge in [0.1, 0.15) is 0 Å². The van der Waals surface area contributed by atoms with Crippen LogP contribution in [-0.4, -0.2) is 11.3 Å². The molecule has 2 heteroatoms. The molecule has 102 valence electrons. The highest BCUT2D eigenvalue weighted by atomic mass is 15.0. The molecule has 1 saturated carbocycles. The number of aliphatic imine (C=N–C) groups is 1. The zero-order valence-corrected chi connectivity index (χ0v) is 11.7. The van der Waals surface area contributed by atoms with Gasteiger partial charge in [-0.3, -0.25) is 4.99 Å². The molecule has 0 radical (unpaired) electrons. The van der Waals surface area contributed by atoms with Crippen molar-refractivity contribution < 1.29 is 0 Å². The van der Waals surface area contributed by atoms with Crippen LogP contribution < -0.4 is 0 Å². The lowest BCUT2D eigenvalue weighted by Gasteiger charge is -2.10. The third-order valence-electron chi connectivity index (χ3n) is 3.87. The van der Waals surface area contributed by atoms with Crippen molar-refractivity contribution in [1.29, 1.82) is 5.26 Å². The minimum absolute atomic E-state index is 0.157. The quantitative estimate of drug-likeness (QED) is 0.612. The van der Waals surface area contributed by atoms with E-state index in [0.29, 0.717) is 0 Å². The first kappa shape index (κ1) is 13.3. The number of benzene rings is 2. The predicted octanol–water partition coefficient (Wildman–Crippen LogP) is 3.99. The molecule has 0 heterocycles. The maximum atomic E-state index is 9.50. The molecular weight excluding hydrogens is 256 g/mol. The van der Waals surface area contributed by atoms with Gasteiger partial charge in [0.2, 0.25) is 0 Å². The van der Waals surface area contributed by atoms with E-state index in [2.05, 4.69) is 12.6 Å². The van der Waals surface area contributed by atoms with Crippen molar-refractivity contribution in [2.45, 2.75) is 12.0 Å². The third-order valence-corrected chi connectivity index (χ3v) is 3.87. The molecule has 1 aliphatic rings. The Balaban J connectivity index is 2.11. The van der Waals surface area contributed by atoms with E-state index in [-0.39, 0.29) is 5.92 Å². The highest BCUT2D eigenvalue weighted by Gasteiger charge is 2.53. The molecule has 3 rings (SSSR count). The van der Waals surface area contributed by atoms with Crippen LogP contribution in [0.5, 0.6) is 0 Å². The minimum atomic E-state index is -0.636. The summed E-state index contributed by atoms with van der Waals surface area (Å²) in [5.74, 6) is 0.157. The summed E-state index contributed by atoms with van der Waals surface area (Å²) in [6, 6.07) is 22.4. The van der Waals surface area contributed by atoms with E-state index in [9.17, 15) is 5.26 Å². The van der Waals surface area contributed by atoms with Crippen LogP contribution in [0, 0.1) is 17.2 Å². The SMILES string of the molecule is C=C[C@H]1C[C@]1(C#N)N=C(c1ccccc1)c1ccccc1. The van der Waals surface area contributed by atoms with Crippen LogP contribution >= 0.6 is 0 Å². The largest absolute Gasteiger partial charge is 0.262 e. The standard InChI is InChI=1S/C19H16N2/c1-2-17-13-19(17,14-20)21-18(15-9-5-3-6-10-15)16-11-7-4-8-12-16/h2-12,17H,1,13H2/t17-,19+/m0/s1. The molecule has 2 atom stereocenters. The summed E-state index contributed by atoms with van der Waals surface area (Å²) in [6.07, 6.45) is 2.59. The van der Waals surface area contributed by atoms with Crippen molar-refractivity contribution in [1.82, 2.24) is 0 Å². The normalized spacial score (nSPS) is 22.9. The second kappa shape index (κ2) is 5.38. The van der Waals surface area contributed by atoms with E-state index in [1.165, 1.54) is 0 Å². The highest BCUT2D eigenvalue weighted by Crippen LogP contribution is 2.48. The molecular formula is C19H16N2. The number of rotatable bonds is 4. The summed E-state index contributed by atoms with van der Waals surface area (Å²) in [7, 11) is 0. The number of nitriles is 1. The Morgan fingerprint density at radius 2 is 1.62 bits per heavy atom. The van der Waals surface area contributed by atoms with Crippen LogP contribution in [0.1, 0.15) is 17.5 Å². The van der Waals surface area contributed by atoms with Gasteiger partial charge in [0.05, 0.1) is 11.8 Å². The molecule has 0 saturated heterocycles. The first-order valence-corrected chi connectivity index (χ1v) is 7.03. The fraction of sp³-hybridized carbons (Fsp3) is 0.158. The Morgan fingerprint density at radius 1 is 1.10 bits per heavy atom. The second-order valence-electron chi connectivity index (χ2n) is 5.27. The molecule has 0 aliphatic heterocycles. The van der Waals surface area contributed by atoms with E-state index >= 15 is 0 Å². The molecule has 1 aliphatic carbocycles. The highest BCUT2D eigenvalue weighted by molar-refractivity contribution is 6.13. The Labute approximate surface area is 125 Å². The summed E-state index contributed by atoms with van der Waals surface area (Å²) in [6.45, 7) is 3.80. The fourth-order valence-corrected chi connectivity index (χ4v) is 2.52. The van der Waals surface area contributed by atoms with Gasteiger partial charge in [-0.25, -0.2) is 0 Å². The van der Waals surface area contributed by atoms with E-state index in [1.807, 2.05) is 66.7 Å². The van der Waals surface area contributed by atoms with E-state index in [0.717, 1.165) is 23.3 Å². The molecule has 2 aromatic rings. The summed E-state index contributed by atoms with van der Waals surface area (Å²) < 4.78 is 0. The Bertz CT molecular complexity index is 669. The molecule has 2 aromatic carbocycles. The van der Waals surface area contributed by atoms with Gasteiger partial charge in [0, 0.05) is 17.0 Å². The Hall–Kier alpha value is -2.66. The molecule has 0 aromatic heterocycles. The summed E-state index contributed by atoms with van der Waals surface area (Å²) in [5, 5.41) is 9.50. The van der Waals surface area contributed by atoms with Crippen LogP contribution in [0.15, 0.2) is 78.3 Å². The average molecular weight is 272 g/mol. The van der Waals surface area contributed by atoms with Crippen molar-refractivity contribution >= 4 is 5.71 Å². The van der Waals surface area contributed by atoms with E-state index < -0.39 is 5.54 Å². The predicted molar refractivity (Wildman–Crippen MR) is 85.2 cm³/mol. The van der Waals surface area contributed by atoms with Crippen LogP contribution in [0.4, 0.5) is 0 Å². The third kappa shape index (κ3) is 2.51. The smallest absolute Gasteiger partial charge is 0.154 e. The minimum Gasteiger partial charge on any atom is -0.262 e. The fourth-order valence-electron chi connectivity index (χ4n) is 2.52. The zero-order chi connectivity index (χ0) is 14.7. The molecule has 0 amide bonds. The lowest BCUT2D eigenvalue weighted by molar-refractivity contribution is 0.818. The van der Waals surface area contributed by atoms with Crippen molar-refractivity contribution in [3.05, 3.63) is 84.4 Å². The molecule has 21 heavy (non-hydrogen) atoms. The summed E-state index contributed by atoms with van der Waals surface area (Å²) in [4.78, 5) is 4.82. The zero-order valence-electron chi connectivity index (χ0n) is 11.7. The van der Waals surface area contributed by atoms with Gasteiger partial charge in [-0.2, -0.15) is 5.26 Å². The van der Waals surface area contributed by atoms with Crippen molar-refractivity contribution in [2.75, 3.05) is 0 Å². The number of hydrogen-bond acceptors (Lipinski definition) is 2.